The summed E-state index contributed by atoms with van der Waals surface area (Å²) in [4.78, 5) is 39.2. The normalized spacial score (nSPS) is 21.2. The molecular weight excluding hydrogens is 418 g/mol. The van der Waals surface area contributed by atoms with E-state index in [4.69, 9.17) is 18.9 Å². The summed E-state index contributed by atoms with van der Waals surface area (Å²) in [5.41, 5.74) is -0.316. The molecule has 5 rings (SSSR count). The molecule has 10 heteroatoms. The van der Waals surface area contributed by atoms with E-state index in [9.17, 15) is 14.4 Å². The van der Waals surface area contributed by atoms with E-state index in [1.54, 1.807) is 43.3 Å². The Morgan fingerprint density at radius 1 is 1.00 bits per heavy atom. The first kappa shape index (κ1) is 20.0. The smallest absolute Gasteiger partial charge is 0.325 e. The molecule has 2 aromatic rings. The Labute approximate surface area is 183 Å². The number of fused-ring (bicyclic) bond motifs is 2. The molecular formula is C22H21N3O7. The lowest BCUT2D eigenvalue weighted by molar-refractivity contribution is -0.133. The van der Waals surface area contributed by atoms with Gasteiger partial charge in [-0.2, -0.15) is 0 Å². The molecule has 32 heavy (non-hydrogen) atoms. The van der Waals surface area contributed by atoms with Crippen molar-refractivity contribution in [1.29, 1.82) is 0 Å². The second-order valence-electron chi connectivity index (χ2n) is 7.77. The zero-order valence-corrected chi connectivity index (χ0v) is 17.3. The number of carbonyl (C=O) groups is 3. The van der Waals surface area contributed by atoms with Crippen molar-refractivity contribution >= 4 is 23.5 Å². The number of nitrogens with one attached hydrogen (secondary N) is 2. The van der Waals surface area contributed by atoms with Crippen LogP contribution < -0.4 is 29.6 Å². The molecule has 2 N–H and O–H groups in total. The van der Waals surface area contributed by atoms with Gasteiger partial charge in [-0.05, 0) is 36.8 Å². The number of carbonyl (C=O) groups excluding carboxylic acids is 3. The molecule has 0 aromatic heterocycles. The van der Waals surface area contributed by atoms with Crippen molar-refractivity contribution in [1.82, 2.24) is 10.2 Å². The Balaban J connectivity index is 1.29. The Morgan fingerprint density at radius 3 is 2.53 bits per heavy atom. The molecule has 2 aromatic carbocycles. The summed E-state index contributed by atoms with van der Waals surface area (Å²) >= 11 is 0. The van der Waals surface area contributed by atoms with E-state index in [-0.39, 0.29) is 6.79 Å². The van der Waals surface area contributed by atoms with Gasteiger partial charge < -0.3 is 29.6 Å². The second-order valence-corrected chi connectivity index (χ2v) is 7.77. The fourth-order valence-electron chi connectivity index (χ4n) is 3.83. The highest BCUT2D eigenvalue weighted by molar-refractivity contribution is 6.10. The van der Waals surface area contributed by atoms with Gasteiger partial charge in [-0.3, -0.25) is 14.5 Å². The van der Waals surface area contributed by atoms with Crippen LogP contribution in [0, 0.1) is 0 Å². The highest BCUT2D eigenvalue weighted by Gasteiger charge is 2.49. The molecule has 0 saturated carbocycles. The number of ether oxygens (including phenoxy) is 4. The number of amides is 4. The van der Waals surface area contributed by atoms with Crippen molar-refractivity contribution in [3.8, 4) is 23.0 Å². The van der Waals surface area contributed by atoms with Crippen LogP contribution in [0.4, 0.5) is 10.5 Å². The fraction of sp³-hybridized carbons (Fsp3) is 0.318. The third kappa shape index (κ3) is 3.43. The van der Waals surface area contributed by atoms with E-state index < -0.39 is 29.9 Å². The lowest BCUT2D eigenvalue weighted by atomic mass is 9.91. The lowest BCUT2D eigenvalue weighted by Crippen LogP contribution is -2.42. The van der Waals surface area contributed by atoms with Crippen LogP contribution in [0.5, 0.6) is 23.0 Å². The van der Waals surface area contributed by atoms with Crippen LogP contribution in [0.15, 0.2) is 36.4 Å². The first-order chi connectivity index (χ1) is 15.4. The molecule has 3 aliphatic heterocycles. The Kier molecular flexibility index (Phi) is 4.76. The van der Waals surface area contributed by atoms with E-state index >= 15 is 0 Å². The summed E-state index contributed by atoms with van der Waals surface area (Å²) < 4.78 is 21.9. The van der Waals surface area contributed by atoms with Gasteiger partial charge in [-0.25, -0.2) is 4.79 Å². The highest BCUT2D eigenvalue weighted by atomic mass is 16.7. The number of nitrogens with zero attached hydrogens (tertiary/aromatic N) is 1. The molecule has 4 amide bonds. The van der Waals surface area contributed by atoms with Gasteiger partial charge in [0.05, 0.1) is 13.2 Å². The summed E-state index contributed by atoms with van der Waals surface area (Å²) in [5, 5.41) is 5.38. The number of urea groups is 1. The van der Waals surface area contributed by atoms with Crippen molar-refractivity contribution in [3.05, 3.63) is 42.0 Å². The quantitative estimate of drug-likeness (QED) is 0.700. The molecule has 0 aliphatic carbocycles. The van der Waals surface area contributed by atoms with Crippen LogP contribution in [0.1, 0.15) is 18.9 Å². The van der Waals surface area contributed by atoms with E-state index in [0.29, 0.717) is 47.5 Å². The topological polar surface area (TPSA) is 115 Å². The van der Waals surface area contributed by atoms with Gasteiger partial charge in [0.25, 0.3) is 5.91 Å². The van der Waals surface area contributed by atoms with Crippen molar-refractivity contribution in [3.63, 3.8) is 0 Å². The molecule has 1 atom stereocenters. The number of hydrogen-bond acceptors (Lipinski definition) is 7. The Hall–Kier alpha value is -3.95. The minimum Gasteiger partial charge on any atom is -0.490 e. The van der Waals surface area contributed by atoms with E-state index in [2.05, 4.69) is 10.6 Å². The summed E-state index contributed by atoms with van der Waals surface area (Å²) in [6, 6.07) is 9.41. The summed E-state index contributed by atoms with van der Waals surface area (Å²) in [6.07, 6.45) is 0.769. The molecule has 0 radical (unpaired) electrons. The van der Waals surface area contributed by atoms with Gasteiger partial charge >= 0.3 is 6.03 Å². The predicted octanol–water partition coefficient (Wildman–Crippen LogP) is 1.98. The summed E-state index contributed by atoms with van der Waals surface area (Å²) in [6.45, 7) is 2.34. The molecule has 0 bridgehead atoms. The average Bonchev–Trinajstić information content (AvgIpc) is 3.23. The van der Waals surface area contributed by atoms with Crippen LogP contribution in [-0.2, 0) is 15.1 Å². The number of benzene rings is 2. The molecule has 1 saturated heterocycles. The predicted molar refractivity (Wildman–Crippen MR) is 111 cm³/mol. The van der Waals surface area contributed by atoms with Crippen molar-refractivity contribution in [2.24, 2.45) is 0 Å². The molecule has 0 unspecified atom stereocenters. The van der Waals surface area contributed by atoms with E-state index in [0.717, 1.165) is 11.3 Å². The highest BCUT2D eigenvalue weighted by Crippen LogP contribution is 2.38. The standard InChI is InChI=1S/C22H21N3O7/c1-22(13-3-5-16-17(9-13)32-12-31-16)20(27)25(21(28)24-22)11-19(26)23-14-4-6-15-18(10-14)30-8-2-7-29-15/h3-6,9-10H,2,7-8,11-12H2,1H3,(H,23,26)(H,24,28)/t22-/m0/s1. The largest absolute Gasteiger partial charge is 0.490 e. The van der Waals surface area contributed by atoms with Crippen LogP contribution in [0.2, 0.25) is 0 Å². The SMILES string of the molecule is C[C@@]1(c2ccc3c(c2)OCO3)NC(=O)N(CC(=O)Nc2ccc3c(c2)OCCCO3)C1=O. The minimum atomic E-state index is -1.33. The second kappa shape index (κ2) is 7.63. The maximum atomic E-state index is 13.1. The van der Waals surface area contributed by atoms with Gasteiger partial charge in [0, 0.05) is 18.2 Å². The maximum Gasteiger partial charge on any atom is 0.325 e. The monoisotopic (exact) mass is 439 g/mol. The Bertz CT molecular complexity index is 1120. The van der Waals surface area contributed by atoms with Crippen molar-refractivity contribution in [2.75, 3.05) is 31.9 Å². The van der Waals surface area contributed by atoms with E-state index in [1.165, 1.54) is 0 Å². The van der Waals surface area contributed by atoms with Crippen LogP contribution in [0.3, 0.4) is 0 Å². The molecule has 166 valence electrons. The number of imide groups is 1. The third-order valence-electron chi connectivity index (χ3n) is 5.56. The number of anilines is 1. The fourth-order valence-corrected chi connectivity index (χ4v) is 3.83. The Morgan fingerprint density at radius 2 is 1.69 bits per heavy atom. The molecule has 1 fully saturated rings. The first-order valence-electron chi connectivity index (χ1n) is 10.2. The van der Waals surface area contributed by atoms with Crippen molar-refractivity contribution < 1.29 is 33.3 Å². The molecule has 0 spiro atoms. The maximum absolute atomic E-state index is 13.1. The van der Waals surface area contributed by atoms with Crippen LogP contribution in [-0.4, -0.2) is 49.3 Å². The minimum absolute atomic E-state index is 0.0992. The zero-order valence-electron chi connectivity index (χ0n) is 17.3. The van der Waals surface area contributed by atoms with Crippen molar-refractivity contribution in [2.45, 2.75) is 18.9 Å². The average molecular weight is 439 g/mol. The third-order valence-corrected chi connectivity index (χ3v) is 5.56. The number of hydrogen-bond donors (Lipinski definition) is 2. The molecule has 3 aliphatic rings. The van der Waals surface area contributed by atoms with Gasteiger partial charge in [0.2, 0.25) is 12.7 Å². The lowest BCUT2D eigenvalue weighted by Gasteiger charge is -2.22. The van der Waals surface area contributed by atoms with Gasteiger partial charge in [0.1, 0.15) is 12.1 Å². The van der Waals surface area contributed by atoms with E-state index in [1.807, 2.05) is 0 Å². The first-order valence-corrected chi connectivity index (χ1v) is 10.2. The summed E-state index contributed by atoms with van der Waals surface area (Å²) in [5.74, 6) is 1.16. The summed E-state index contributed by atoms with van der Waals surface area (Å²) in [7, 11) is 0. The van der Waals surface area contributed by atoms with Gasteiger partial charge in [-0.1, -0.05) is 6.07 Å². The molecule has 3 heterocycles. The van der Waals surface area contributed by atoms with Gasteiger partial charge in [0.15, 0.2) is 23.0 Å². The van der Waals surface area contributed by atoms with Crippen LogP contribution in [0.25, 0.3) is 0 Å². The van der Waals surface area contributed by atoms with Gasteiger partial charge in [-0.15, -0.1) is 0 Å². The molecule has 10 nitrogen and oxygen atoms in total. The van der Waals surface area contributed by atoms with Crippen LogP contribution >= 0.6 is 0 Å². The number of rotatable bonds is 4. The zero-order chi connectivity index (χ0) is 22.3.